The van der Waals surface area contributed by atoms with Crippen molar-refractivity contribution in [3.63, 3.8) is 0 Å². The molecular weight excluding hydrogens is 378 g/mol. The second-order valence-corrected chi connectivity index (χ2v) is 6.53. The number of aromatic nitrogens is 3. The maximum atomic E-state index is 12.5. The molecule has 3 aromatic rings. The standard InChI is InChI=1S/C20H20ClN5O2/c1-26(10-7-14-5-8-22-9-6-14)20-23-12-15(13-24-20)19(27)25-17-11-16(21)3-4-18(17)28-2/h3-6,8-9,11-13H,7,10H2,1-2H3,(H,25,27). The number of nitrogens with zero attached hydrogens (tertiary/aromatic N) is 4. The molecule has 0 fully saturated rings. The monoisotopic (exact) mass is 397 g/mol. The van der Waals surface area contributed by atoms with Gasteiger partial charge in [-0.05, 0) is 42.3 Å². The van der Waals surface area contributed by atoms with Gasteiger partial charge in [0.2, 0.25) is 5.95 Å². The first-order valence-corrected chi connectivity index (χ1v) is 9.01. The Hall–Kier alpha value is -3.19. The first kappa shape index (κ1) is 19.6. The van der Waals surface area contributed by atoms with E-state index in [4.69, 9.17) is 16.3 Å². The summed E-state index contributed by atoms with van der Waals surface area (Å²) in [4.78, 5) is 27.0. The van der Waals surface area contributed by atoms with Crippen molar-refractivity contribution < 1.29 is 9.53 Å². The number of carbonyl (C=O) groups excluding carboxylic acids is 1. The summed E-state index contributed by atoms with van der Waals surface area (Å²) >= 11 is 5.99. The van der Waals surface area contributed by atoms with Crippen LogP contribution < -0.4 is 15.0 Å². The zero-order valence-electron chi connectivity index (χ0n) is 15.6. The molecule has 0 bridgehead atoms. The lowest BCUT2D eigenvalue weighted by Crippen LogP contribution is -2.23. The number of anilines is 2. The lowest BCUT2D eigenvalue weighted by atomic mass is 10.2. The first-order chi connectivity index (χ1) is 13.6. The average Bonchev–Trinajstić information content (AvgIpc) is 2.73. The number of amides is 1. The van der Waals surface area contributed by atoms with E-state index in [0.29, 0.717) is 28.0 Å². The zero-order valence-corrected chi connectivity index (χ0v) is 16.3. The van der Waals surface area contributed by atoms with Crippen molar-refractivity contribution in [3.8, 4) is 5.75 Å². The smallest absolute Gasteiger partial charge is 0.258 e. The number of likely N-dealkylation sites (N-methyl/N-ethyl adjacent to an activating group) is 1. The Bertz CT molecular complexity index is 935. The second-order valence-electron chi connectivity index (χ2n) is 6.10. The maximum absolute atomic E-state index is 12.5. The highest BCUT2D eigenvalue weighted by Gasteiger charge is 2.12. The summed E-state index contributed by atoms with van der Waals surface area (Å²) in [6.07, 6.45) is 7.39. The van der Waals surface area contributed by atoms with E-state index in [0.717, 1.165) is 13.0 Å². The van der Waals surface area contributed by atoms with Gasteiger partial charge < -0.3 is 15.0 Å². The molecule has 0 aliphatic rings. The molecule has 0 saturated heterocycles. The maximum Gasteiger partial charge on any atom is 0.258 e. The Labute approximate surface area is 168 Å². The molecule has 7 nitrogen and oxygen atoms in total. The van der Waals surface area contributed by atoms with Gasteiger partial charge in [0.15, 0.2) is 0 Å². The highest BCUT2D eigenvalue weighted by molar-refractivity contribution is 6.31. The van der Waals surface area contributed by atoms with Crippen LogP contribution in [0.2, 0.25) is 5.02 Å². The summed E-state index contributed by atoms with van der Waals surface area (Å²) in [5.74, 6) is 0.726. The SMILES string of the molecule is COc1ccc(Cl)cc1NC(=O)c1cnc(N(C)CCc2ccncc2)nc1. The van der Waals surface area contributed by atoms with E-state index in [1.807, 2.05) is 24.1 Å². The minimum Gasteiger partial charge on any atom is -0.495 e. The number of halogens is 1. The summed E-state index contributed by atoms with van der Waals surface area (Å²) in [5.41, 5.74) is 2.01. The van der Waals surface area contributed by atoms with Crippen LogP contribution in [0.25, 0.3) is 0 Å². The third-order valence-corrected chi connectivity index (χ3v) is 4.37. The number of nitrogens with one attached hydrogen (secondary N) is 1. The summed E-state index contributed by atoms with van der Waals surface area (Å²) < 4.78 is 5.24. The van der Waals surface area contributed by atoms with E-state index in [2.05, 4.69) is 20.3 Å². The van der Waals surface area contributed by atoms with Crippen molar-refractivity contribution in [2.24, 2.45) is 0 Å². The van der Waals surface area contributed by atoms with E-state index >= 15 is 0 Å². The van der Waals surface area contributed by atoms with Gasteiger partial charge in [0.25, 0.3) is 5.91 Å². The molecule has 0 saturated carbocycles. The largest absolute Gasteiger partial charge is 0.495 e. The second kappa shape index (κ2) is 9.14. The van der Waals surface area contributed by atoms with Gasteiger partial charge in [0.05, 0.1) is 18.4 Å². The van der Waals surface area contributed by atoms with Crippen LogP contribution in [0.15, 0.2) is 55.1 Å². The van der Waals surface area contributed by atoms with Gasteiger partial charge in [0, 0.05) is 43.4 Å². The zero-order chi connectivity index (χ0) is 19.9. The Morgan fingerprint density at radius 3 is 2.57 bits per heavy atom. The third-order valence-electron chi connectivity index (χ3n) is 4.14. The molecule has 8 heteroatoms. The van der Waals surface area contributed by atoms with E-state index < -0.39 is 0 Å². The molecule has 2 aromatic heterocycles. The van der Waals surface area contributed by atoms with Crippen molar-refractivity contribution in [1.29, 1.82) is 0 Å². The van der Waals surface area contributed by atoms with Crippen LogP contribution in [0.3, 0.4) is 0 Å². The fourth-order valence-electron chi connectivity index (χ4n) is 2.55. The van der Waals surface area contributed by atoms with Crippen LogP contribution in [-0.2, 0) is 6.42 Å². The summed E-state index contributed by atoms with van der Waals surface area (Å²) in [6, 6.07) is 8.96. The van der Waals surface area contributed by atoms with Gasteiger partial charge in [0.1, 0.15) is 5.75 Å². The van der Waals surface area contributed by atoms with E-state index in [1.54, 1.807) is 30.6 Å². The number of benzene rings is 1. The molecule has 0 aliphatic carbocycles. The number of hydrogen-bond donors (Lipinski definition) is 1. The summed E-state index contributed by atoms with van der Waals surface area (Å²) in [7, 11) is 3.44. The molecule has 0 atom stereocenters. The fraction of sp³-hybridized carbons (Fsp3) is 0.200. The Morgan fingerprint density at radius 1 is 1.18 bits per heavy atom. The minimum atomic E-state index is -0.341. The average molecular weight is 398 g/mol. The predicted molar refractivity (Wildman–Crippen MR) is 109 cm³/mol. The lowest BCUT2D eigenvalue weighted by molar-refractivity contribution is 0.102. The Balaban J connectivity index is 1.63. The van der Waals surface area contributed by atoms with Crippen LogP contribution in [-0.4, -0.2) is 41.6 Å². The first-order valence-electron chi connectivity index (χ1n) is 8.64. The normalized spacial score (nSPS) is 10.4. The molecule has 2 heterocycles. The molecule has 0 spiro atoms. The van der Waals surface area contributed by atoms with Crippen molar-refractivity contribution in [2.45, 2.75) is 6.42 Å². The van der Waals surface area contributed by atoms with Crippen LogP contribution in [0.1, 0.15) is 15.9 Å². The van der Waals surface area contributed by atoms with Crippen LogP contribution >= 0.6 is 11.6 Å². The molecule has 28 heavy (non-hydrogen) atoms. The quantitative estimate of drug-likeness (QED) is 0.657. The van der Waals surface area contributed by atoms with Gasteiger partial charge in [-0.1, -0.05) is 11.6 Å². The molecule has 1 N–H and O–H groups in total. The number of ether oxygens (including phenoxy) is 1. The summed E-state index contributed by atoms with van der Waals surface area (Å²) in [6.45, 7) is 0.745. The van der Waals surface area contributed by atoms with Crippen molar-refractivity contribution in [3.05, 3.63) is 71.3 Å². The van der Waals surface area contributed by atoms with E-state index in [9.17, 15) is 4.79 Å². The van der Waals surface area contributed by atoms with E-state index in [1.165, 1.54) is 25.1 Å². The lowest BCUT2D eigenvalue weighted by Gasteiger charge is -2.17. The number of hydrogen-bond acceptors (Lipinski definition) is 6. The number of rotatable bonds is 7. The number of carbonyl (C=O) groups is 1. The van der Waals surface area contributed by atoms with Crippen LogP contribution in [0, 0.1) is 0 Å². The molecule has 1 amide bonds. The third kappa shape index (κ3) is 4.95. The molecule has 0 radical (unpaired) electrons. The number of pyridine rings is 1. The fourth-order valence-corrected chi connectivity index (χ4v) is 2.73. The molecule has 0 aliphatic heterocycles. The van der Waals surface area contributed by atoms with Gasteiger partial charge in [-0.3, -0.25) is 9.78 Å². The topological polar surface area (TPSA) is 80.2 Å². The van der Waals surface area contributed by atoms with Crippen LogP contribution in [0.5, 0.6) is 5.75 Å². The summed E-state index contributed by atoms with van der Waals surface area (Å²) in [5, 5.41) is 3.26. The van der Waals surface area contributed by atoms with Gasteiger partial charge in [-0.2, -0.15) is 0 Å². The Kier molecular flexibility index (Phi) is 6.39. The van der Waals surface area contributed by atoms with Crippen molar-refractivity contribution >= 4 is 29.1 Å². The van der Waals surface area contributed by atoms with E-state index in [-0.39, 0.29) is 5.91 Å². The molecular formula is C20H20ClN5O2. The van der Waals surface area contributed by atoms with Crippen molar-refractivity contribution in [1.82, 2.24) is 15.0 Å². The van der Waals surface area contributed by atoms with Gasteiger partial charge in [-0.15, -0.1) is 0 Å². The van der Waals surface area contributed by atoms with Crippen molar-refractivity contribution in [2.75, 3.05) is 30.9 Å². The minimum absolute atomic E-state index is 0.341. The Morgan fingerprint density at radius 2 is 1.89 bits per heavy atom. The van der Waals surface area contributed by atoms with Crippen LogP contribution in [0.4, 0.5) is 11.6 Å². The molecule has 0 unspecified atom stereocenters. The highest BCUT2D eigenvalue weighted by atomic mass is 35.5. The highest BCUT2D eigenvalue weighted by Crippen LogP contribution is 2.28. The van der Waals surface area contributed by atoms with Gasteiger partial charge in [-0.25, -0.2) is 9.97 Å². The predicted octanol–water partition coefficient (Wildman–Crippen LogP) is 3.46. The molecule has 1 aromatic carbocycles. The number of methoxy groups -OCH3 is 1. The van der Waals surface area contributed by atoms with Gasteiger partial charge >= 0.3 is 0 Å². The molecule has 144 valence electrons. The molecule has 3 rings (SSSR count).